The average Bonchev–Trinajstić information content (AvgIpc) is 3.57. The Morgan fingerprint density at radius 3 is 2.13 bits per heavy atom. The minimum Gasteiger partial charge on any atom is -0.469 e. The molecule has 0 bridgehead atoms. The van der Waals surface area contributed by atoms with E-state index in [0.29, 0.717) is 36.6 Å². The van der Waals surface area contributed by atoms with E-state index >= 15 is 0 Å². The van der Waals surface area contributed by atoms with Crippen LogP contribution < -0.4 is 16.0 Å². The Hall–Kier alpha value is -2.74. The van der Waals surface area contributed by atoms with Crippen molar-refractivity contribution in [2.45, 2.75) is 109 Å². The van der Waals surface area contributed by atoms with Gasteiger partial charge in [-0.05, 0) is 61.1 Å². The summed E-state index contributed by atoms with van der Waals surface area (Å²) in [7, 11) is 1.38. The maximum atomic E-state index is 13.3. The number of anilines is 1. The molecule has 216 valence electrons. The fourth-order valence-corrected chi connectivity index (χ4v) is 6.17. The highest BCUT2D eigenvalue weighted by Gasteiger charge is 2.31. The minimum absolute atomic E-state index is 0.104. The van der Waals surface area contributed by atoms with Crippen molar-refractivity contribution in [1.29, 1.82) is 0 Å². The fraction of sp³-hybridized carbons (Fsp3) is 0.677. The first kappa shape index (κ1) is 30.8. The van der Waals surface area contributed by atoms with Crippen LogP contribution in [0.2, 0.25) is 0 Å². The first-order valence-corrected chi connectivity index (χ1v) is 14.6. The molecule has 3 rings (SSSR count). The third-order valence-corrected chi connectivity index (χ3v) is 8.02. The highest BCUT2D eigenvalue weighted by Crippen LogP contribution is 2.31. The number of ketones is 1. The number of carbonyl (C=O) groups excluding carboxylic acids is 4. The Kier molecular flexibility index (Phi) is 11.5. The molecule has 2 aliphatic rings. The molecule has 2 amide bonds. The smallest absolute Gasteiger partial charge is 0.305 e. The van der Waals surface area contributed by atoms with Gasteiger partial charge in [-0.3, -0.25) is 19.2 Å². The molecule has 2 atom stereocenters. The molecule has 1 aromatic rings. The van der Waals surface area contributed by atoms with E-state index in [1.165, 1.54) is 20.0 Å². The van der Waals surface area contributed by atoms with Crippen molar-refractivity contribution in [3.63, 3.8) is 0 Å². The van der Waals surface area contributed by atoms with Gasteiger partial charge >= 0.3 is 5.97 Å². The standard InChI is InChI=1S/C31H47N3O5/c1-21(17-28(37)39-4)18-31(2,3)19-27(36)33-25-15-13-22(14-16-25)29(30(38)34-24-11-7-8-12-24)26(35)20-32-23-9-5-6-10-23/h13-16,21,23-24,29,32H,5-12,17-20H2,1-4H3,(H,33,36)(H,34,38). The number of ether oxygens (including phenoxy) is 1. The summed E-state index contributed by atoms with van der Waals surface area (Å²) >= 11 is 0. The van der Waals surface area contributed by atoms with Crippen molar-refractivity contribution in [2.75, 3.05) is 19.0 Å². The van der Waals surface area contributed by atoms with Crippen LogP contribution in [0, 0.1) is 11.3 Å². The first-order chi connectivity index (χ1) is 18.6. The molecule has 2 fully saturated rings. The third kappa shape index (κ3) is 10.1. The summed E-state index contributed by atoms with van der Waals surface area (Å²) in [5.74, 6) is -1.50. The van der Waals surface area contributed by atoms with Crippen LogP contribution in [0.4, 0.5) is 5.69 Å². The Balaban J connectivity index is 1.61. The van der Waals surface area contributed by atoms with Crippen molar-refractivity contribution in [2.24, 2.45) is 11.3 Å². The van der Waals surface area contributed by atoms with Gasteiger partial charge in [0.1, 0.15) is 5.92 Å². The van der Waals surface area contributed by atoms with E-state index < -0.39 is 5.92 Å². The highest BCUT2D eigenvalue weighted by molar-refractivity contribution is 6.07. The molecular formula is C31H47N3O5. The lowest BCUT2D eigenvalue weighted by Crippen LogP contribution is -2.42. The van der Waals surface area contributed by atoms with Gasteiger partial charge in [-0.2, -0.15) is 0 Å². The quantitative estimate of drug-likeness (QED) is 0.229. The van der Waals surface area contributed by atoms with Gasteiger partial charge in [-0.25, -0.2) is 0 Å². The van der Waals surface area contributed by atoms with Crippen LogP contribution in [-0.2, 0) is 23.9 Å². The van der Waals surface area contributed by atoms with E-state index in [0.717, 1.165) is 38.5 Å². The maximum Gasteiger partial charge on any atom is 0.305 e. The zero-order chi connectivity index (χ0) is 28.4. The summed E-state index contributed by atoms with van der Waals surface area (Å²) in [5, 5.41) is 9.40. The van der Waals surface area contributed by atoms with Gasteiger partial charge in [0, 0.05) is 30.6 Å². The largest absolute Gasteiger partial charge is 0.469 e. The van der Waals surface area contributed by atoms with Crippen molar-refractivity contribution < 1.29 is 23.9 Å². The van der Waals surface area contributed by atoms with Gasteiger partial charge in [0.25, 0.3) is 0 Å². The average molecular weight is 542 g/mol. The summed E-state index contributed by atoms with van der Waals surface area (Å²) < 4.78 is 4.75. The Morgan fingerprint density at radius 1 is 0.949 bits per heavy atom. The molecule has 1 aromatic carbocycles. The molecule has 3 N–H and O–H groups in total. The monoisotopic (exact) mass is 541 g/mol. The van der Waals surface area contributed by atoms with E-state index in [1.807, 2.05) is 20.8 Å². The summed E-state index contributed by atoms with van der Waals surface area (Å²) in [6, 6.07) is 7.53. The minimum atomic E-state index is -0.875. The number of rotatable bonds is 14. The molecular weight excluding hydrogens is 494 g/mol. The normalized spacial score (nSPS) is 17.9. The number of hydrogen-bond acceptors (Lipinski definition) is 6. The molecule has 0 aliphatic heterocycles. The van der Waals surface area contributed by atoms with Gasteiger partial charge in [0.05, 0.1) is 13.7 Å². The van der Waals surface area contributed by atoms with Gasteiger partial charge in [-0.15, -0.1) is 0 Å². The predicted molar refractivity (Wildman–Crippen MR) is 152 cm³/mol. The zero-order valence-corrected chi connectivity index (χ0v) is 24.1. The number of Topliss-reactive ketones (excluding diaryl/α,β-unsaturated/α-hetero) is 1. The predicted octanol–water partition coefficient (Wildman–Crippen LogP) is 4.87. The van der Waals surface area contributed by atoms with Crippen LogP contribution in [0.25, 0.3) is 0 Å². The molecule has 0 heterocycles. The Bertz CT molecular complexity index is 978. The third-order valence-electron chi connectivity index (χ3n) is 8.02. The molecule has 39 heavy (non-hydrogen) atoms. The Morgan fingerprint density at radius 2 is 1.54 bits per heavy atom. The fourth-order valence-electron chi connectivity index (χ4n) is 6.17. The van der Waals surface area contributed by atoms with Crippen LogP contribution in [0.1, 0.15) is 103 Å². The lowest BCUT2D eigenvalue weighted by Gasteiger charge is -2.27. The second kappa shape index (κ2) is 14.6. The molecule has 8 nitrogen and oxygen atoms in total. The van der Waals surface area contributed by atoms with E-state index in [4.69, 9.17) is 4.74 Å². The van der Waals surface area contributed by atoms with Crippen LogP contribution >= 0.6 is 0 Å². The molecule has 2 aliphatic carbocycles. The lowest BCUT2D eigenvalue weighted by atomic mass is 9.79. The second-order valence-electron chi connectivity index (χ2n) is 12.4. The van der Waals surface area contributed by atoms with Crippen LogP contribution in [0.5, 0.6) is 0 Å². The molecule has 2 saturated carbocycles. The van der Waals surface area contributed by atoms with E-state index in [1.54, 1.807) is 24.3 Å². The highest BCUT2D eigenvalue weighted by atomic mass is 16.5. The molecule has 0 spiro atoms. The molecule has 0 saturated heterocycles. The molecule has 0 radical (unpaired) electrons. The van der Waals surface area contributed by atoms with Crippen molar-refractivity contribution in [1.82, 2.24) is 10.6 Å². The number of esters is 1. The Labute approximate surface area is 233 Å². The zero-order valence-electron chi connectivity index (χ0n) is 24.1. The number of carbonyl (C=O) groups is 4. The summed E-state index contributed by atoms with van der Waals surface area (Å²) in [4.78, 5) is 50.9. The van der Waals surface area contributed by atoms with Gasteiger partial charge in [0.2, 0.25) is 11.8 Å². The van der Waals surface area contributed by atoms with E-state index in [2.05, 4.69) is 16.0 Å². The van der Waals surface area contributed by atoms with Gasteiger partial charge < -0.3 is 20.7 Å². The van der Waals surface area contributed by atoms with Crippen LogP contribution in [-0.4, -0.2) is 49.3 Å². The van der Waals surface area contributed by atoms with Crippen LogP contribution in [0.15, 0.2) is 24.3 Å². The van der Waals surface area contributed by atoms with E-state index in [-0.39, 0.29) is 47.5 Å². The topological polar surface area (TPSA) is 114 Å². The van der Waals surface area contributed by atoms with Crippen molar-refractivity contribution >= 4 is 29.3 Å². The van der Waals surface area contributed by atoms with Gasteiger partial charge in [-0.1, -0.05) is 58.6 Å². The second-order valence-corrected chi connectivity index (χ2v) is 12.4. The van der Waals surface area contributed by atoms with Crippen LogP contribution in [0.3, 0.4) is 0 Å². The number of benzene rings is 1. The van der Waals surface area contributed by atoms with E-state index in [9.17, 15) is 19.2 Å². The number of methoxy groups -OCH3 is 1. The number of amides is 2. The molecule has 8 heteroatoms. The lowest BCUT2D eigenvalue weighted by molar-refractivity contribution is -0.141. The number of nitrogens with one attached hydrogen (secondary N) is 3. The number of hydrogen-bond donors (Lipinski definition) is 3. The SMILES string of the molecule is COC(=O)CC(C)CC(C)(C)CC(=O)Nc1ccc(C(C(=O)CNC2CCCC2)C(=O)NC2CCCC2)cc1. The first-order valence-electron chi connectivity index (χ1n) is 14.6. The van der Waals surface area contributed by atoms with Gasteiger partial charge in [0.15, 0.2) is 5.78 Å². The molecule has 2 unspecified atom stereocenters. The van der Waals surface area contributed by atoms with Crippen molar-refractivity contribution in [3.8, 4) is 0 Å². The summed E-state index contributed by atoms with van der Waals surface area (Å²) in [6.45, 7) is 6.19. The van der Waals surface area contributed by atoms with Crippen molar-refractivity contribution in [3.05, 3.63) is 29.8 Å². The summed E-state index contributed by atoms with van der Waals surface area (Å²) in [5.41, 5.74) is 0.965. The summed E-state index contributed by atoms with van der Waals surface area (Å²) in [6.07, 6.45) is 9.94. The maximum absolute atomic E-state index is 13.3. The molecule has 0 aromatic heterocycles.